The van der Waals surface area contributed by atoms with Gasteiger partial charge in [0.1, 0.15) is 5.82 Å². The van der Waals surface area contributed by atoms with Crippen LogP contribution in [-0.2, 0) is 0 Å². The number of fused-ring (bicyclic) bond motifs is 2. The van der Waals surface area contributed by atoms with E-state index in [1.54, 1.807) is 18.2 Å². The molecule has 0 aliphatic heterocycles. The Balaban J connectivity index is 2.63. The molecule has 0 saturated carbocycles. The van der Waals surface area contributed by atoms with Crippen LogP contribution in [0.2, 0.25) is 0 Å². The van der Waals surface area contributed by atoms with Crippen LogP contribution in [0.3, 0.4) is 0 Å². The van der Waals surface area contributed by atoms with Crippen molar-refractivity contribution in [3.05, 3.63) is 59.9 Å². The quantitative estimate of drug-likeness (QED) is 0.651. The van der Waals surface area contributed by atoms with Crippen LogP contribution in [-0.4, -0.2) is 5.91 Å². The van der Waals surface area contributed by atoms with Crippen LogP contribution in [0, 0.1) is 5.82 Å². The molecule has 0 bridgehead atoms. The Kier molecular flexibility index (Phi) is 2.27. The molecule has 0 radical (unpaired) electrons. The fourth-order valence-corrected chi connectivity index (χ4v) is 2.32. The number of rotatable bonds is 1. The topological polar surface area (TPSA) is 43.1 Å². The van der Waals surface area contributed by atoms with Gasteiger partial charge in [-0.05, 0) is 28.3 Å². The first-order valence-corrected chi connectivity index (χ1v) is 5.58. The molecule has 3 aromatic rings. The maximum atomic E-state index is 13.8. The lowest BCUT2D eigenvalue weighted by Crippen LogP contribution is -2.12. The van der Waals surface area contributed by atoms with Gasteiger partial charge in [0.25, 0.3) is 0 Å². The summed E-state index contributed by atoms with van der Waals surface area (Å²) >= 11 is 0. The van der Waals surface area contributed by atoms with E-state index in [2.05, 4.69) is 0 Å². The van der Waals surface area contributed by atoms with Gasteiger partial charge in [0.05, 0.1) is 5.56 Å². The third-order valence-corrected chi connectivity index (χ3v) is 3.10. The molecule has 3 aromatic carbocycles. The molecular weight excluding hydrogens is 229 g/mol. The van der Waals surface area contributed by atoms with Crippen molar-refractivity contribution in [3.8, 4) is 0 Å². The van der Waals surface area contributed by atoms with Gasteiger partial charge in [-0.15, -0.1) is 0 Å². The van der Waals surface area contributed by atoms with Gasteiger partial charge in [-0.3, -0.25) is 4.79 Å². The second-order valence-electron chi connectivity index (χ2n) is 4.17. The zero-order valence-electron chi connectivity index (χ0n) is 9.48. The highest BCUT2D eigenvalue weighted by molar-refractivity contribution is 6.17. The first kappa shape index (κ1) is 10.7. The highest BCUT2D eigenvalue weighted by atomic mass is 19.1. The minimum Gasteiger partial charge on any atom is -0.366 e. The number of carbonyl (C=O) groups is 1. The zero-order valence-corrected chi connectivity index (χ0v) is 9.48. The number of hydrogen-bond acceptors (Lipinski definition) is 1. The minimum atomic E-state index is -0.539. The van der Waals surface area contributed by atoms with E-state index in [1.165, 1.54) is 6.07 Å². The molecular formula is C15H10FNO. The van der Waals surface area contributed by atoms with Gasteiger partial charge in [-0.25, -0.2) is 4.39 Å². The van der Waals surface area contributed by atoms with Crippen molar-refractivity contribution >= 4 is 27.5 Å². The summed E-state index contributed by atoms with van der Waals surface area (Å²) in [6.45, 7) is 0. The second-order valence-corrected chi connectivity index (χ2v) is 4.17. The van der Waals surface area contributed by atoms with E-state index in [1.807, 2.05) is 24.3 Å². The average Bonchev–Trinajstić information content (AvgIpc) is 2.36. The highest BCUT2D eigenvalue weighted by Crippen LogP contribution is 2.29. The number of nitrogens with two attached hydrogens (primary N) is 1. The highest BCUT2D eigenvalue weighted by Gasteiger charge is 2.13. The Labute approximate surface area is 103 Å². The third-order valence-electron chi connectivity index (χ3n) is 3.10. The smallest absolute Gasteiger partial charge is 0.249 e. The van der Waals surface area contributed by atoms with Gasteiger partial charge in [0, 0.05) is 5.39 Å². The van der Waals surface area contributed by atoms with Crippen LogP contribution in [0.15, 0.2) is 48.5 Å². The van der Waals surface area contributed by atoms with E-state index in [0.29, 0.717) is 16.3 Å². The average molecular weight is 239 g/mol. The monoisotopic (exact) mass is 239 g/mol. The Morgan fingerprint density at radius 1 is 0.944 bits per heavy atom. The van der Waals surface area contributed by atoms with Gasteiger partial charge in [0.15, 0.2) is 0 Å². The maximum absolute atomic E-state index is 13.8. The molecule has 18 heavy (non-hydrogen) atoms. The molecule has 0 aliphatic rings. The standard InChI is InChI=1S/C15H10FNO/c16-13-7-3-6-11-12(13)8-9-4-1-2-5-10(9)14(11)15(17)18/h1-8H,(H2,17,18). The van der Waals surface area contributed by atoms with Gasteiger partial charge in [0.2, 0.25) is 5.91 Å². The first-order valence-electron chi connectivity index (χ1n) is 5.58. The molecule has 0 aliphatic carbocycles. The maximum Gasteiger partial charge on any atom is 0.249 e. The van der Waals surface area contributed by atoms with E-state index in [0.717, 1.165) is 10.8 Å². The first-order chi connectivity index (χ1) is 8.68. The molecule has 0 unspecified atom stereocenters. The molecule has 0 aromatic heterocycles. The van der Waals surface area contributed by atoms with Gasteiger partial charge in [-0.2, -0.15) is 0 Å². The second kappa shape index (κ2) is 3.81. The number of amides is 1. The molecule has 2 nitrogen and oxygen atoms in total. The summed E-state index contributed by atoms with van der Waals surface area (Å²) in [6.07, 6.45) is 0. The van der Waals surface area contributed by atoms with Crippen molar-refractivity contribution in [2.24, 2.45) is 5.73 Å². The fraction of sp³-hybridized carbons (Fsp3) is 0. The van der Waals surface area contributed by atoms with Crippen LogP contribution in [0.25, 0.3) is 21.5 Å². The number of benzene rings is 3. The minimum absolute atomic E-state index is 0.347. The number of hydrogen-bond donors (Lipinski definition) is 1. The molecule has 0 spiro atoms. The van der Waals surface area contributed by atoms with E-state index in [-0.39, 0.29) is 5.82 Å². The summed E-state index contributed by atoms with van der Waals surface area (Å²) in [6, 6.07) is 13.8. The number of carbonyl (C=O) groups excluding carboxylic acids is 1. The zero-order chi connectivity index (χ0) is 12.7. The molecule has 0 atom stereocenters. The van der Waals surface area contributed by atoms with Crippen molar-refractivity contribution in [3.63, 3.8) is 0 Å². The predicted molar refractivity (Wildman–Crippen MR) is 69.9 cm³/mol. The van der Waals surface area contributed by atoms with Gasteiger partial charge >= 0.3 is 0 Å². The van der Waals surface area contributed by atoms with E-state index >= 15 is 0 Å². The van der Waals surface area contributed by atoms with E-state index in [9.17, 15) is 9.18 Å². The van der Waals surface area contributed by atoms with Crippen molar-refractivity contribution < 1.29 is 9.18 Å². The molecule has 3 rings (SSSR count). The Hall–Kier alpha value is -2.42. The van der Waals surface area contributed by atoms with Gasteiger partial charge in [-0.1, -0.05) is 36.4 Å². The largest absolute Gasteiger partial charge is 0.366 e. The summed E-state index contributed by atoms with van der Waals surface area (Å²) in [5.74, 6) is -0.886. The lowest BCUT2D eigenvalue weighted by atomic mass is 9.96. The predicted octanol–water partition coefficient (Wildman–Crippen LogP) is 3.23. The van der Waals surface area contributed by atoms with Crippen LogP contribution in [0.5, 0.6) is 0 Å². The Morgan fingerprint density at radius 2 is 1.67 bits per heavy atom. The number of primary amides is 1. The SMILES string of the molecule is NC(=O)c1c2ccccc2cc2c(F)cccc12. The molecule has 1 amide bonds. The van der Waals surface area contributed by atoms with E-state index in [4.69, 9.17) is 5.73 Å². The van der Waals surface area contributed by atoms with Crippen molar-refractivity contribution in [2.75, 3.05) is 0 Å². The Morgan fingerprint density at radius 3 is 2.44 bits per heavy atom. The molecule has 0 heterocycles. The lowest BCUT2D eigenvalue weighted by Gasteiger charge is -2.09. The normalized spacial score (nSPS) is 10.9. The fourth-order valence-electron chi connectivity index (χ4n) is 2.32. The summed E-state index contributed by atoms with van der Waals surface area (Å²) in [5, 5.41) is 2.54. The van der Waals surface area contributed by atoms with Crippen LogP contribution >= 0.6 is 0 Å². The summed E-state index contributed by atoms with van der Waals surface area (Å²) in [4.78, 5) is 11.6. The van der Waals surface area contributed by atoms with Crippen molar-refractivity contribution in [2.45, 2.75) is 0 Å². The van der Waals surface area contributed by atoms with Crippen LogP contribution in [0.4, 0.5) is 4.39 Å². The lowest BCUT2D eigenvalue weighted by molar-refractivity contribution is 0.100. The summed E-state index contributed by atoms with van der Waals surface area (Å²) in [7, 11) is 0. The van der Waals surface area contributed by atoms with Gasteiger partial charge < -0.3 is 5.73 Å². The van der Waals surface area contributed by atoms with E-state index < -0.39 is 5.91 Å². The molecule has 0 saturated heterocycles. The van der Waals surface area contributed by atoms with Crippen LogP contribution < -0.4 is 5.73 Å². The van der Waals surface area contributed by atoms with Crippen molar-refractivity contribution in [1.29, 1.82) is 0 Å². The summed E-state index contributed by atoms with van der Waals surface area (Å²) < 4.78 is 13.8. The van der Waals surface area contributed by atoms with Crippen LogP contribution in [0.1, 0.15) is 10.4 Å². The molecule has 88 valence electrons. The molecule has 0 fully saturated rings. The third kappa shape index (κ3) is 1.44. The van der Waals surface area contributed by atoms with Crippen molar-refractivity contribution in [1.82, 2.24) is 0 Å². The number of halogens is 1. The molecule has 3 heteroatoms. The summed E-state index contributed by atoms with van der Waals surface area (Å²) in [5.41, 5.74) is 5.81. The molecule has 2 N–H and O–H groups in total. The Bertz CT molecular complexity index is 780.